The topological polar surface area (TPSA) is 52.6 Å². The smallest absolute Gasteiger partial charge is 0.328 e. The van der Waals surface area contributed by atoms with Crippen LogP contribution in [0.3, 0.4) is 0 Å². The van der Waals surface area contributed by atoms with E-state index in [0.717, 1.165) is 32.1 Å². The van der Waals surface area contributed by atoms with Crippen molar-refractivity contribution < 1.29 is 19.1 Å². The molecule has 4 heteroatoms. The number of carbonyl (C=O) groups is 2. The molecule has 0 aromatic heterocycles. The van der Waals surface area contributed by atoms with E-state index < -0.39 is 17.4 Å². The number of hydrogen-bond donors (Lipinski definition) is 0. The van der Waals surface area contributed by atoms with Crippen LogP contribution in [0.4, 0.5) is 0 Å². The van der Waals surface area contributed by atoms with E-state index >= 15 is 0 Å². The van der Waals surface area contributed by atoms with Gasteiger partial charge in [-0.25, -0.2) is 0 Å². The minimum atomic E-state index is -1.21. The highest BCUT2D eigenvalue weighted by Crippen LogP contribution is 2.35. The second-order valence-corrected chi connectivity index (χ2v) is 7.31. The number of carbonyl (C=O) groups excluding carboxylic acids is 2. The molecule has 0 atom stereocenters. The summed E-state index contributed by atoms with van der Waals surface area (Å²) in [4.78, 5) is 26.0. The maximum absolute atomic E-state index is 13.1. The second-order valence-electron chi connectivity index (χ2n) is 7.31. The largest absolute Gasteiger partial charge is 0.465 e. The van der Waals surface area contributed by atoms with E-state index in [9.17, 15) is 9.59 Å². The number of ether oxygens (including phenoxy) is 2. The van der Waals surface area contributed by atoms with Crippen LogP contribution in [0.15, 0.2) is 30.3 Å². The van der Waals surface area contributed by atoms with Crippen LogP contribution in [-0.2, 0) is 14.3 Å². The first-order valence-electron chi connectivity index (χ1n) is 9.90. The predicted octanol–water partition coefficient (Wildman–Crippen LogP) is 5.55. The molecule has 4 nitrogen and oxygen atoms in total. The van der Waals surface area contributed by atoms with Crippen LogP contribution >= 0.6 is 0 Å². The van der Waals surface area contributed by atoms with Crippen LogP contribution in [0.1, 0.15) is 72.6 Å². The second kappa shape index (κ2) is 11.7. The van der Waals surface area contributed by atoms with Crippen molar-refractivity contribution in [2.75, 3.05) is 6.61 Å². The van der Waals surface area contributed by atoms with Gasteiger partial charge in [0.1, 0.15) is 5.75 Å². The molecule has 0 heterocycles. The van der Waals surface area contributed by atoms with E-state index in [-0.39, 0.29) is 0 Å². The Hall–Kier alpha value is -1.84. The van der Waals surface area contributed by atoms with Crippen molar-refractivity contribution in [2.24, 2.45) is 11.3 Å². The average Bonchev–Trinajstić information content (AvgIpc) is 2.62. The molecule has 1 aromatic carbocycles. The Bertz CT molecular complexity index is 528. The molecular weight excluding hydrogens is 328 g/mol. The van der Waals surface area contributed by atoms with Crippen molar-refractivity contribution in [3.05, 3.63) is 30.3 Å². The van der Waals surface area contributed by atoms with Gasteiger partial charge >= 0.3 is 11.9 Å². The Morgan fingerprint density at radius 2 is 1.54 bits per heavy atom. The fourth-order valence-corrected chi connectivity index (χ4v) is 2.79. The molecule has 0 aliphatic heterocycles. The molecule has 0 amide bonds. The molecular formula is C22H34O4. The van der Waals surface area contributed by atoms with Crippen molar-refractivity contribution in [1.29, 1.82) is 0 Å². The molecule has 0 aliphatic carbocycles. The zero-order valence-electron chi connectivity index (χ0n) is 16.8. The molecule has 0 saturated carbocycles. The Morgan fingerprint density at radius 1 is 0.962 bits per heavy atom. The standard InChI is InChI=1S/C22H34O4/c1-5-7-15-22(16-8-6-2,20(23)25-17-14-18(3)4)21(24)26-19-12-10-9-11-13-19/h9-13,18H,5-8,14-17H2,1-4H3. The van der Waals surface area contributed by atoms with E-state index in [1.807, 2.05) is 18.2 Å². The monoisotopic (exact) mass is 362 g/mol. The summed E-state index contributed by atoms with van der Waals surface area (Å²) in [7, 11) is 0. The summed E-state index contributed by atoms with van der Waals surface area (Å²) in [5.41, 5.74) is -1.21. The Labute approximate surface area is 158 Å². The molecule has 0 aliphatic rings. The number of para-hydroxylation sites is 1. The zero-order chi connectivity index (χ0) is 19.4. The van der Waals surface area contributed by atoms with E-state index in [2.05, 4.69) is 27.7 Å². The zero-order valence-corrected chi connectivity index (χ0v) is 16.8. The lowest BCUT2D eigenvalue weighted by molar-refractivity contribution is -0.169. The molecule has 0 unspecified atom stereocenters. The predicted molar refractivity (Wildman–Crippen MR) is 104 cm³/mol. The number of unbranched alkanes of at least 4 members (excludes halogenated alkanes) is 2. The van der Waals surface area contributed by atoms with Crippen LogP contribution in [-0.4, -0.2) is 18.5 Å². The van der Waals surface area contributed by atoms with Gasteiger partial charge in [0.25, 0.3) is 0 Å². The molecule has 1 rings (SSSR count). The minimum Gasteiger partial charge on any atom is -0.465 e. The van der Waals surface area contributed by atoms with Crippen LogP contribution in [0.5, 0.6) is 5.75 Å². The van der Waals surface area contributed by atoms with Crippen LogP contribution < -0.4 is 4.74 Å². The van der Waals surface area contributed by atoms with E-state index in [0.29, 0.717) is 31.1 Å². The summed E-state index contributed by atoms with van der Waals surface area (Å²) in [6.45, 7) is 8.61. The van der Waals surface area contributed by atoms with E-state index in [1.54, 1.807) is 12.1 Å². The molecule has 1 aromatic rings. The number of esters is 2. The molecule has 0 fully saturated rings. The summed E-state index contributed by atoms with van der Waals surface area (Å²) in [5, 5.41) is 0. The Morgan fingerprint density at radius 3 is 2.04 bits per heavy atom. The number of benzene rings is 1. The van der Waals surface area contributed by atoms with Gasteiger partial charge in [-0.1, -0.05) is 71.6 Å². The molecule has 0 bridgehead atoms. The maximum atomic E-state index is 13.1. The third-order valence-electron chi connectivity index (χ3n) is 4.58. The number of hydrogen-bond acceptors (Lipinski definition) is 4. The quantitative estimate of drug-likeness (QED) is 0.278. The fourth-order valence-electron chi connectivity index (χ4n) is 2.79. The van der Waals surface area contributed by atoms with Gasteiger partial charge in [-0.2, -0.15) is 0 Å². The summed E-state index contributed by atoms with van der Waals surface area (Å²) in [6, 6.07) is 8.93. The highest BCUT2D eigenvalue weighted by Gasteiger charge is 2.48. The first-order chi connectivity index (χ1) is 12.5. The van der Waals surface area contributed by atoms with Gasteiger partial charge in [0.2, 0.25) is 0 Å². The van der Waals surface area contributed by atoms with Gasteiger partial charge in [-0.15, -0.1) is 0 Å². The molecule has 0 saturated heterocycles. The summed E-state index contributed by atoms with van der Waals surface area (Å²) < 4.78 is 11.1. The van der Waals surface area contributed by atoms with Crippen LogP contribution in [0.25, 0.3) is 0 Å². The van der Waals surface area contributed by atoms with E-state index in [1.165, 1.54) is 0 Å². The highest BCUT2D eigenvalue weighted by atomic mass is 16.6. The molecule has 26 heavy (non-hydrogen) atoms. The lowest BCUT2D eigenvalue weighted by atomic mass is 9.78. The summed E-state index contributed by atoms with van der Waals surface area (Å²) in [5.74, 6) is -0.00858. The van der Waals surface area contributed by atoms with Crippen molar-refractivity contribution in [2.45, 2.75) is 72.6 Å². The van der Waals surface area contributed by atoms with Gasteiger partial charge in [0.05, 0.1) is 6.61 Å². The third kappa shape index (κ3) is 6.81. The Kier molecular flexibility index (Phi) is 10.0. The van der Waals surface area contributed by atoms with Gasteiger partial charge in [-0.3, -0.25) is 9.59 Å². The van der Waals surface area contributed by atoms with Crippen LogP contribution in [0.2, 0.25) is 0 Å². The first-order valence-corrected chi connectivity index (χ1v) is 9.90. The fraction of sp³-hybridized carbons (Fsp3) is 0.636. The normalized spacial score (nSPS) is 11.4. The summed E-state index contributed by atoms with van der Waals surface area (Å²) in [6.07, 6.45) is 5.11. The SMILES string of the molecule is CCCCC(CCCC)(C(=O)OCCC(C)C)C(=O)Oc1ccccc1. The van der Waals surface area contributed by atoms with Gasteiger partial charge in [-0.05, 0) is 37.3 Å². The lowest BCUT2D eigenvalue weighted by Gasteiger charge is -2.29. The first kappa shape index (κ1) is 22.2. The Balaban J connectivity index is 3.01. The summed E-state index contributed by atoms with van der Waals surface area (Å²) >= 11 is 0. The van der Waals surface area contributed by atoms with Crippen molar-refractivity contribution >= 4 is 11.9 Å². The van der Waals surface area contributed by atoms with Crippen molar-refractivity contribution in [3.63, 3.8) is 0 Å². The third-order valence-corrected chi connectivity index (χ3v) is 4.58. The average molecular weight is 363 g/mol. The van der Waals surface area contributed by atoms with E-state index in [4.69, 9.17) is 9.47 Å². The molecule has 0 N–H and O–H groups in total. The number of rotatable bonds is 12. The molecule has 0 spiro atoms. The molecule has 0 radical (unpaired) electrons. The van der Waals surface area contributed by atoms with Crippen LogP contribution in [0, 0.1) is 11.3 Å². The lowest BCUT2D eigenvalue weighted by Crippen LogP contribution is -2.43. The van der Waals surface area contributed by atoms with Crippen molar-refractivity contribution in [1.82, 2.24) is 0 Å². The minimum absolute atomic E-state index is 0.342. The van der Waals surface area contributed by atoms with Gasteiger partial charge in [0, 0.05) is 0 Å². The van der Waals surface area contributed by atoms with Gasteiger partial charge < -0.3 is 9.47 Å². The maximum Gasteiger partial charge on any atom is 0.328 e. The molecule has 146 valence electrons. The van der Waals surface area contributed by atoms with Gasteiger partial charge in [0.15, 0.2) is 5.41 Å². The highest BCUT2D eigenvalue weighted by molar-refractivity contribution is 6.00. The van der Waals surface area contributed by atoms with Crippen molar-refractivity contribution in [3.8, 4) is 5.75 Å².